The largest absolute Gasteiger partial charge is 0.480 e. The Labute approximate surface area is 208 Å². The van der Waals surface area contributed by atoms with Crippen molar-refractivity contribution in [3.63, 3.8) is 0 Å². The number of aromatic amines is 1. The Kier molecular flexibility index (Phi) is 7.43. The highest BCUT2D eigenvalue weighted by molar-refractivity contribution is 5.89. The Morgan fingerprint density at radius 2 is 1.92 bits per heavy atom. The maximum Gasteiger partial charge on any atom is 0.336 e. The van der Waals surface area contributed by atoms with Gasteiger partial charge < -0.3 is 24.6 Å². The molecule has 1 unspecified atom stereocenters. The van der Waals surface area contributed by atoms with Crippen molar-refractivity contribution in [3.05, 3.63) is 75.8 Å². The number of unbranched alkanes of at least 4 members (excludes halogenated alkanes) is 1. The standard InChI is InChI=1S/C28H30N2O6/c1-4-5-8-18-14-25(31)36-26-16(2)24(12-11-21(18)26)35-17(3)27(32)30-23(28(33)34)13-19-15-29-22-10-7-6-9-20(19)22/h6-7,9-12,14-15,17,23,29H,4-5,8,13H2,1-3H3,(H,30,32)(H,33,34)/t17?,23-/m0/s1. The van der Waals surface area contributed by atoms with Crippen LogP contribution in [0.5, 0.6) is 5.75 Å². The molecule has 3 N–H and O–H groups in total. The van der Waals surface area contributed by atoms with Crippen LogP contribution in [0.3, 0.4) is 0 Å². The van der Waals surface area contributed by atoms with Crippen LogP contribution >= 0.6 is 0 Å². The van der Waals surface area contributed by atoms with Crippen molar-refractivity contribution in [2.45, 2.75) is 58.6 Å². The fourth-order valence-electron chi connectivity index (χ4n) is 4.36. The fraction of sp³-hybridized carbons (Fsp3) is 0.321. The predicted molar refractivity (Wildman–Crippen MR) is 137 cm³/mol. The number of hydrogen-bond acceptors (Lipinski definition) is 5. The molecule has 0 radical (unpaired) electrons. The zero-order valence-corrected chi connectivity index (χ0v) is 20.6. The molecular weight excluding hydrogens is 460 g/mol. The Morgan fingerprint density at radius 3 is 2.67 bits per heavy atom. The van der Waals surface area contributed by atoms with Gasteiger partial charge in [0.25, 0.3) is 5.91 Å². The summed E-state index contributed by atoms with van der Waals surface area (Å²) in [5, 5.41) is 14.1. The van der Waals surface area contributed by atoms with E-state index in [-0.39, 0.29) is 6.42 Å². The van der Waals surface area contributed by atoms with E-state index < -0.39 is 29.6 Å². The van der Waals surface area contributed by atoms with Gasteiger partial charge in [-0.15, -0.1) is 0 Å². The molecule has 8 heteroatoms. The third-order valence-electron chi connectivity index (χ3n) is 6.38. The van der Waals surface area contributed by atoms with Crippen molar-refractivity contribution >= 4 is 33.7 Å². The molecule has 2 aromatic heterocycles. The van der Waals surface area contributed by atoms with Crippen molar-refractivity contribution in [1.82, 2.24) is 10.3 Å². The first-order valence-electron chi connectivity index (χ1n) is 12.1. The zero-order chi connectivity index (χ0) is 25.8. The third kappa shape index (κ3) is 5.27. The first-order valence-corrected chi connectivity index (χ1v) is 12.1. The molecule has 4 aromatic rings. The van der Waals surface area contributed by atoms with Crippen LogP contribution in [0, 0.1) is 6.92 Å². The minimum absolute atomic E-state index is 0.124. The Hall–Kier alpha value is -4.07. The summed E-state index contributed by atoms with van der Waals surface area (Å²) in [6.45, 7) is 5.41. The van der Waals surface area contributed by atoms with Crippen LogP contribution in [-0.4, -0.2) is 34.1 Å². The van der Waals surface area contributed by atoms with E-state index in [1.807, 2.05) is 30.3 Å². The molecule has 1 amide bonds. The molecule has 0 fully saturated rings. The quantitative estimate of drug-likeness (QED) is 0.281. The first kappa shape index (κ1) is 25.0. The average molecular weight is 491 g/mol. The summed E-state index contributed by atoms with van der Waals surface area (Å²) < 4.78 is 11.4. The molecule has 36 heavy (non-hydrogen) atoms. The number of fused-ring (bicyclic) bond motifs is 2. The van der Waals surface area contributed by atoms with E-state index >= 15 is 0 Å². The summed E-state index contributed by atoms with van der Waals surface area (Å²) in [7, 11) is 0. The molecule has 0 aliphatic rings. The number of hydrogen-bond donors (Lipinski definition) is 3. The number of para-hydroxylation sites is 1. The predicted octanol–water partition coefficient (Wildman–Crippen LogP) is 4.50. The van der Waals surface area contributed by atoms with E-state index in [0.29, 0.717) is 16.9 Å². The zero-order valence-electron chi connectivity index (χ0n) is 20.6. The topological polar surface area (TPSA) is 122 Å². The van der Waals surface area contributed by atoms with Crippen LogP contribution in [0.15, 0.2) is 57.9 Å². The van der Waals surface area contributed by atoms with Gasteiger partial charge in [-0.3, -0.25) is 4.79 Å². The normalized spacial score (nSPS) is 13.0. The molecule has 0 saturated carbocycles. The molecule has 2 aromatic carbocycles. The van der Waals surface area contributed by atoms with E-state index in [2.05, 4.69) is 17.2 Å². The van der Waals surface area contributed by atoms with Gasteiger partial charge in [-0.2, -0.15) is 0 Å². The van der Waals surface area contributed by atoms with Gasteiger partial charge in [0.15, 0.2) is 6.10 Å². The highest BCUT2D eigenvalue weighted by Crippen LogP contribution is 2.30. The van der Waals surface area contributed by atoms with E-state index in [0.717, 1.165) is 46.7 Å². The smallest absolute Gasteiger partial charge is 0.336 e. The first-order chi connectivity index (χ1) is 17.3. The second-order valence-corrected chi connectivity index (χ2v) is 8.98. The SMILES string of the molecule is CCCCc1cc(=O)oc2c(C)c(OC(C)C(=O)N[C@@H](Cc3c[nH]c4ccccc34)C(=O)O)ccc12. The lowest BCUT2D eigenvalue weighted by molar-refractivity contribution is -0.142. The molecule has 4 rings (SSSR count). The van der Waals surface area contributed by atoms with Crippen molar-refractivity contribution in [3.8, 4) is 5.75 Å². The summed E-state index contributed by atoms with van der Waals surface area (Å²) in [6, 6.07) is 11.6. The average Bonchev–Trinajstić information content (AvgIpc) is 3.26. The van der Waals surface area contributed by atoms with E-state index in [4.69, 9.17) is 9.15 Å². The summed E-state index contributed by atoms with van der Waals surface area (Å²) >= 11 is 0. The molecule has 0 aliphatic carbocycles. The Bertz CT molecular complexity index is 1470. The number of carboxylic acid groups (broad SMARTS) is 1. The highest BCUT2D eigenvalue weighted by atomic mass is 16.5. The molecular formula is C28H30N2O6. The second kappa shape index (κ2) is 10.7. The van der Waals surface area contributed by atoms with Gasteiger partial charge >= 0.3 is 11.6 Å². The fourth-order valence-corrected chi connectivity index (χ4v) is 4.36. The molecule has 8 nitrogen and oxygen atoms in total. The van der Waals surface area contributed by atoms with Crippen LogP contribution in [0.25, 0.3) is 21.9 Å². The molecule has 0 saturated heterocycles. The highest BCUT2D eigenvalue weighted by Gasteiger charge is 2.26. The van der Waals surface area contributed by atoms with Crippen LogP contribution < -0.4 is 15.7 Å². The van der Waals surface area contributed by atoms with Gasteiger partial charge in [0.2, 0.25) is 0 Å². The third-order valence-corrected chi connectivity index (χ3v) is 6.38. The van der Waals surface area contributed by atoms with Crippen LogP contribution in [-0.2, 0) is 22.4 Å². The van der Waals surface area contributed by atoms with Gasteiger partial charge in [0.1, 0.15) is 17.4 Å². The van der Waals surface area contributed by atoms with Crippen molar-refractivity contribution in [2.24, 2.45) is 0 Å². The summed E-state index contributed by atoms with van der Waals surface area (Å²) in [4.78, 5) is 40.0. The van der Waals surface area contributed by atoms with Gasteiger partial charge in [-0.05, 0) is 56.0 Å². The number of aromatic nitrogens is 1. The maximum absolute atomic E-state index is 12.9. The number of carbonyl (C=O) groups excluding carboxylic acids is 1. The lowest BCUT2D eigenvalue weighted by atomic mass is 10.0. The van der Waals surface area contributed by atoms with Gasteiger partial charge in [0.05, 0.1) is 0 Å². The van der Waals surface area contributed by atoms with Crippen molar-refractivity contribution in [1.29, 1.82) is 0 Å². The van der Waals surface area contributed by atoms with Crippen molar-refractivity contribution < 1.29 is 23.8 Å². The lowest BCUT2D eigenvalue weighted by Gasteiger charge is -2.20. The molecule has 188 valence electrons. The molecule has 0 spiro atoms. The monoisotopic (exact) mass is 490 g/mol. The van der Waals surface area contributed by atoms with Crippen LogP contribution in [0.4, 0.5) is 0 Å². The van der Waals surface area contributed by atoms with E-state index in [1.165, 1.54) is 6.07 Å². The minimum Gasteiger partial charge on any atom is -0.480 e. The van der Waals surface area contributed by atoms with Crippen molar-refractivity contribution in [2.75, 3.05) is 0 Å². The minimum atomic E-state index is -1.14. The lowest BCUT2D eigenvalue weighted by Crippen LogP contribution is -2.47. The number of carboxylic acids is 1. The number of nitrogens with one attached hydrogen (secondary N) is 2. The van der Waals surface area contributed by atoms with E-state index in [1.54, 1.807) is 26.1 Å². The summed E-state index contributed by atoms with van der Waals surface area (Å²) in [5.41, 5.74) is 3.23. The molecule has 0 bridgehead atoms. The number of H-pyrrole nitrogens is 1. The molecule has 2 heterocycles. The maximum atomic E-state index is 12.9. The van der Waals surface area contributed by atoms with E-state index in [9.17, 15) is 19.5 Å². The summed E-state index contributed by atoms with van der Waals surface area (Å²) in [6.07, 6.45) is 3.64. The van der Waals surface area contributed by atoms with Crippen LogP contribution in [0.1, 0.15) is 43.4 Å². The summed E-state index contributed by atoms with van der Waals surface area (Å²) in [5.74, 6) is -1.30. The van der Waals surface area contributed by atoms with Gasteiger partial charge in [-0.1, -0.05) is 31.5 Å². The van der Waals surface area contributed by atoms with Gasteiger partial charge in [0, 0.05) is 40.5 Å². The number of amides is 1. The Balaban J connectivity index is 1.50. The number of carbonyl (C=O) groups is 2. The Morgan fingerprint density at radius 1 is 1.14 bits per heavy atom. The van der Waals surface area contributed by atoms with Gasteiger partial charge in [-0.25, -0.2) is 9.59 Å². The second-order valence-electron chi connectivity index (χ2n) is 8.98. The molecule has 0 aliphatic heterocycles. The number of aliphatic carboxylic acids is 1. The molecule has 2 atom stereocenters. The number of aryl methyl sites for hydroxylation is 2. The number of benzene rings is 2. The van der Waals surface area contributed by atoms with Crippen LogP contribution in [0.2, 0.25) is 0 Å². The number of rotatable bonds is 10. The number of ether oxygens (including phenoxy) is 1.